The Bertz CT molecular complexity index is 369. The number of nitrogens with zero attached hydrogens (tertiary/aromatic N) is 2. The number of nitrogens with two attached hydrogens (primary N) is 2. The lowest BCUT2D eigenvalue weighted by Gasteiger charge is -2.25. The summed E-state index contributed by atoms with van der Waals surface area (Å²) in [6.07, 6.45) is 3.65. The van der Waals surface area contributed by atoms with E-state index in [1.54, 1.807) is 0 Å². The largest absolute Gasteiger partial charge is 0.820 e. The summed E-state index contributed by atoms with van der Waals surface area (Å²) >= 11 is 0. The number of rotatable bonds is 1. The van der Waals surface area contributed by atoms with Gasteiger partial charge >= 0.3 is 0 Å². The van der Waals surface area contributed by atoms with E-state index in [2.05, 4.69) is 28.4 Å². The third-order valence-corrected chi connectivity index (χ3v) is 2.77. The van der Waals surface area contributed by atoms with Gasteiger partial charge in [0.1, 0.15) is 11.4 Å². The first-order valence-corrected chi connectivity index (χ1v) is 6.76. The molecule has 2 rings (SSSR count). The molecule has 0 fully saturated rings. The van der Waals surface area contributed by atoms with E-state index in [0.29, 0.717) is 0 Å². The first-order chi connectivity index (χ1) is 8.88. The van der Waals surface area contributed by atoms with E-state index in [9.17, 15) is 9.79 Å². The van der Waals surface area contributed by atoms with E-state index in [4.69, 9.17) is 0 Å². The number of hydrogen-bond acceptors (Lipinski definition) is 5. The van der Waals surface area contributed by atoms with Crippen molar-refractivity contribution in [3.63, 3.8) is 0 Å². The molecule has 0 aromatic carbocycles. The molecule has 108 valence electrons. The van der Waals surface area contributed by atoms with Crippen molar-refractivity contribution in [3.05, 3.63) is 22.8 Å². The maximum Gasteiger partial charge on any atom is 0.191 e. The summed E-state index contributed by atoms with van der Waals surface area (Å²) < 4.78 is 3.70. The molecule has 2 aliphatic rings. The number of aliphatic imine (C=N–C) groups is 2. The van der Waals surface area contributed by atoms with E-state index in [0.717, 1.165) is 18.5 Å². The SMILES string of the molecule is CC1=C(C)[NH2+]C=N1.CC1=C(C)[NH2+]C=N1.COP([O-])[O-]. The molecule has 0 bridgehead atoms. The molecule has 4 N–H and O–H groups in total. The third-order valence-electron chi connectivity index (χ3n) is 2.48. The number of allylic oxidation sites excluding steroid dienone is 4. The van der Waals surface area contributed by atoms with Gasteiger partial charge in [0.25, 0.3) is 0 Å². The normalized spacial score (nSPS) is 16.6. The van der Waals surface area contributed by atoms with Crippen LogP contribution < -0.4 is 20.4 Å². The van der Waals surface area contributed by atoms with E-state index < -0.39 is 8.60 Å². The molecule has 0 radical (unpaired) electrons. The molecule has 0 aromatic rings. The first kappa shape index (κ1) is 18.0. The molecule has 0 saturated heterocycles. The van der Waals surface area contributed by atoms with Gasteiger partial charge in [-0.15, -0.1) is 0 Å². The molecule has 2 heterocycles. The Hall–Kier alpha value is -0.950. The molecular weight excluding hydrogens is 267 g/mol. The van der Waals surface area contributed by atoms with Gasteiger partial charge in [0.2, 0.25) is 0 Å². The van der Waals surface area contributed by atoms with E-state index in [1.165, 1.54) is 11.4 Å². The zero-order chi connectivity index (χ0) is 14.8. The van der Waals surface area contributed by atoms with Crippen LogP contribution >= 0.6 is 8.60 Å². The van der Waals surface area contributed by atoms with Crippen molar-refractivity contribution in [1.29, 1.82) is 0 Å². The number of quaternary nitrogens is 2. The predicted molar refractivity (Wildman–Crippen MR) is 71.5 cm³/mol. The molecule has 0 aliphatic carbocycles. The van der Waals surface area contributed by atoms with Crippen LogP contribution in [0.1, 0.15) is 27.7 Å². The highest BCUT2D eigenvalue weighted by molar-refractivity contribution is 7.36. The lowest BCUT2D eigenvalue weighted by atomic mass is 10.4. The average Bonchev–Trinajstić information content (AvgIpc) is 2.91. The Morgan fingerprint density at radius 3 is 1.32 bits per heavy atom. The highest BCUT2D eigenvalue weighted by Gasteiger charge is 2.02. The summed E-state index contributed by atoms with van der Waals surface area (Å²) in [5.41, 5.74) is 4.83. The minimum atomic E-state index is -2.60. The molecule has 0 aromatic heterocycles. The minimum absolute atomic E-state index is 1.10. The zero-order valence-electron chi connectivity index (χ0n) is 11.9. The van der Waals surface area contributed by atoms with Crippen LogP contribution in [0.25, 0.3) is 0 Å². The van der Waals surface area contributed by atoms with Gasteiger partial charge in [-0.2, -0.15) is 8.60 Å². The van der Waals surface area contributed by atoms with Crippen molar-refractivity contribution in [3.8, 4) is 0 Å². The average molecular weight is 288 g/mol. The van der Waals surface area contributed by atoms with Gasteiger partial charge in [0.05, 0.1) is 11.4 Å². The maximum absolute atomic E-state index is 9.18. The standard InChI is InChI=1S/2C5H8N2.CH3O3P/c2*1-4-5(2)7-3-6-4;1-4-5(2)3/h2*3H,1-2H3,(H,6,7);1H3/q;;-2/p+2. The Balaban J connectivity index is 0.000000261. The lowest BCUT2D eigenvalue weighted by Crippen LogP contribution is -2.78. The Kier molecular flexibility index (Phi) is 9.42. The smallest absolute Gasteiger partial charge is 0.191 e. The van der Waals surface area contributed by atoms with Crippen LogP contribution in [0.15, 0.2) is 32.8 Å². The van der Waals surface area contributed by atoms with Crippen LogP contribution in [-0.4, -0.2) is 19.8 Å². The summed E-state index contributed by atoms with van der Waals surface area (Å²) in [6.45, 7) is 8.13. The van der Waals surface area contributed by atoms with Gasteiger partial charge in [-0.3, -0.25) is 10.6 Å². The van der Waals surface area contributed by atoms with Crippen molar-refractivity contribution in [1.82, 2.24) is 0 Å². The van der Waals surface area contributed by atoms with Crippen LogP contribution in [0.4, 0.5) is 0 Å². The Labute approximate surface area is 114 Å². The van der Waals surface area contributed by atoms with Gasteiger partial charge in [-0.25, -0.2) is 9.98 Å². The maximum atomic E-state index is 9.18. The van der Waals surface area contributed by atoms with Gasteiger partial charge in [0.15, 0.2) is 12.7 Å². The fourth-order valence-corrected chi connectivity index (χ4v) is 0.967. The molecule has 2 aliphatic heterocycles. The Morgan fingerprint density at radius 1 is 0.947 bits per heavy atom. The van der Waals surface area contributed by atoms with Crippen LogP contribution in [0, 0.1) is 0 Å². The molecule has 0 amide bonds. The third kappa shape index (κ3) is 8.72. The molecule has 0 atom stereocenters. The van der Waals surface area contributed by atoms with Crippen molar-refractivity contribution in [2.45, 2.75) is 27.7 Å². The molecule has 0 spiro atoms. The minimum Gasteiger partial charge on any atom is -0.820 e. The zero-order valence-corrected chi connectivity index (χ0v) is 12.8. The summed E-state index contributed by atoms with van der Waals surface area (Å²) in [7, 11) is -1.50. The fraction of sp³-hybridized carbons (Fsp3) is 0.455. The van der Waals surface area contributed by atoms with E-state index in [-0.39, 0.29) is 0 Å². The van der Waals surface area contributed by atoms with Crippen LogP contribution in [0.2, 0.25) is 0 Å². The molecule has 0 saturated carbocycles. The topological polar surface area (TPSA) is 113 Å². The Morgan fingerprint density at radius 2 is 1.26 bits per heavy atom. The molecular formula is C11H21N4O3P. The quantitative estimate of drug-likeness (QED) is 0.559. The summed E-state index contributed by atoms with van der Waals surface area (Å²) in [5, 5.41) is 4.02. The molecule has 8 heteroatoms. The van der Waals surface area contributed by atoms with Crippen molar-refractivity contribution in [2.24, 2.45) is 9.98 Å². The highest BCUT2D eigenvalue weighted by Crippen LogP contribution is 2.07. The molecule has 19 heavy (non-hydrogen) atoms. The van der Waals surface area contributed by atoms with Crippen LogP contribution in [-0.2, 0) is 4.52 Å². The molecule has 0 unspecified atom stereocenters. The monoisotopic (exact) mass is 288 g/mol. The number of hydrogen-bond donors (Lipinski definition) is 2. The predicted octanol–water partition coefficient (Wildman–Crippen LogP) is -1.73. The van der Waals surface area contributed by atoms with Gasteiger partial charge < -0.3 is 14.3 Å². The van der Waals surface area contributed by atoms with Gasteiger partial charge in [-0.1, -0.05) is 0 Å². The van der Waals surface area contributed by atoms with Crippen LogP contribution in [0.3, 0.4) is 0 Å². The first-order valence-electron chi connectivity index (χ1n) is 5.66. The molecule has 7 nitrogen and oxygen atoms in total. The van der Waals surface area contributed by atoms with E-state index in [1.807, 2.05) is 37.2 Å². The second kappa shape index (κ2) is 9.91. The summed E-state index contributed by atoms with van der Waals surface area (Å²) in [5.74, 6) is 0. The van der Waals surface area contributed by atoms with Gasteiger partial charge in [-0.05, 0) is 13.8 Å². The van der Waals surface area contributed by atoms with Crippen LogP contribution in [0.5, 0.6) is 0 Å². The van der Waals surface area contributed by atoms with Crippen molar-refractivity contribution >= 4 is 21.3 Å². The van der Waals surface area contributed by atoms with Gasteiger partial charge in [0, 0.05) is 21.0 Å². The second-order valence-electron chi connectivity index (χ2n) is 3.83. The highest BCUT2D eigenvalue weighted by atomic mass is 31.2. The second-order valence-corrected chi connectivity index (χ2v) is 4.65. The van der Waals surface area contributed by atoms with Crippen molar-refractivity contribution < 1.29 is 24.9 Å². The van der Waals surface area contributed by atoms with Crippen molar-refractivity contribution in [2.75, 3.05) is 7.11 Å². The fourth-order valence-electron chi connectivity index (χ4n) is 0.967. The summed E-state index contributed by atoms with van der Waals surface area (Å²) in [6, 6.07) is 0. The van der Waals surface area contributed by atoms with E-state index >= 15 is 0 Å². The lowest BCUT2D eigenvalue weighted by molar-refractivity contribution is -0.470. The summed E-state index contributed by atoms with van der Waals surface area (Å²) in [4.78, 5) is 26.4.